The highest BCUT2D eigenvalue weighted by Gasteiger charge is 2.63. The van der Waals surface area contributed by atoms with Gasteiger partial charge in [-0.25, -0.2) is 0 Å². The van der Waals surface area contributed by atoms with Crippen LogP contribution in [0.25, 0.3) is 0 Å². The Bertz CT molecular complexity index is 643. The fourth-order valence-corrected chi connectivity index (χ4v) is 4.99. The Kier molecular flexibility index (Phi) is 5.77. The first-order valence-corrected chi connectivity index (χ1v) is 12.9. The third kappa shape index (κ3) is 3.88. The SMILES string of the molecule is CCOC(=O)[C@@]12C(=O)CC(C)(C)O[C@@H]1CC(O[Si](C)(C)C(C)(C)C)=CC2C. The van der Waals surface area contributed by atoms with Gasteiger partial charge in [0.15, 0.2) is 11.2 Å². The van der Waals surface area contributed by atoms with Crippen LogP contribution in [0.15, 0.2) is 11.8 Å². The molecule has 0 aromatic carbocycles. The zero-order valence-corrected chi connectivity index (χ0v) is 19.4. The number of carbonyl (C=O) groups excluding carboxylic acids is 2. The van der Waals surface area contributed by atoms with E-state index in [1.807, 2.05) is 26.8 Å². The summed E-state index contributed by atoms with van der Waals surface area (Å²) in [7, 11) is -2.02. The Labute approximate surface area is 165 Å². The minimum absolute atomic E-state index is 0.0647. The van der Waals surface area contributed by atoms with E-state index in [0.29, 0.717) is 6.42 Å². The Balaban J connectivity index is 2.46. The number of carbonyl (C=O) groups is 2. The summed E-state index contributed by atoms with van der Waals surface area (Å²) in [5, 5.41) is 0.0647. The van der Waals surface area contributed by atoms with Crippen molar-refractivity contribution in [3.05, 3.63) is 11.8 Å². The van der Waals surface area contributed by atoms with Crippen molar-refractivity contribution < 1.29 is 23.5 Å². The van der Waals surface area contributed by atoms with Gasteiger partial charge in [-0.1, -0.05) is 27.7 Å². The van der Waals surface area contributed by atoms with E-state index >= 15 is 0 Å². The Morgan fingerprint density at radius 2 is 1.93 bits per heavy atom. The summed E-state index contributed by atoms with van der Waals surface area (Å²) >= 11 is 0. The molecule has 0 radical (unpaired) electrons. The predicted molar refractivity (Wildman–Crippen MR) is 108 cm³/mol. The van der Waals surface area contributed by atoms with Gasteiger partial charge in [0.25, 0.3) is 0 Å². The smallest absolute Gasteiger partial charge is 0.322 e. The van der Waals surface area contributed by atoms with Gasteiger partial charge in [0.2, 0.25) is 8.32 Å². The summed E-state index contributed by atoms with van der Waals surface area (Å²) in [5.41, 5.74) is -1.87. The third-order valence-electron chi connectivity index (χ3n) is 6.36. The molecule has 0 spiro atoms. The lowest BCUT2D eigenvalue weighted by Gasteiger charge is -2.51. The molecule has 0 N–H and O–H groups in total. The molecule has 1 saturated heterocycles. The van der Waals surface area contributed by atoms with Crippen LogP contribution in [0.2, 0.25) is 18.1 Å². The molecule has 0 aromatic heterocycles. The first-order valence-electron chi connectivity index (χ1n) is 9.95. The van der Waals surface area contributed by atoms with Crippen LogP contribution in [0.3, 0.4) is 0 Å². The van der Waals surface area contributed by atoms with Crippen LogP contribution in [-0.4, -0.2) is 38.4 Å². The van der Waals surface area contributed by atoms with Crippen molar-refractivity contribution in [2.45, 2.75) is 91.1 Å². The molecule has 27 heavy (non-hydrogen) atoms. The van der Waals surface area contributed by atoms with Crippen molar-refractivity contribution >= 4 is 20.1 Å². The fraction of sp³-hybridized carbons (Fsp3) is 0.810. The molecule has 3 atom stereocenters. The van der Waals surface area contributed by atoms with Crippen LogP contribution < -0.4 is 0 Å². The molecule has 1 aliphatic heterocycles. The van der Waals surface area contributed by atoms with Crippen molar-refractivity contribution in [3.8, 4) is 0 Å². The molecule has 0 aromatic rings. The van der Waals surface area contributed by atoms with Crippen molar-refractivity contribution in [1.29, 1.82) is 0 Å². The van der Waals surface area contributed by atoms with E-state index in [0.717, 1.165) is 5.76 Å². The molecule has 5 nitrogen and oxygen atoms in total. The first kappa shape index (κ1) is 22.1. The monoisotopic (exact) mass is 396 g/mol. The minimum atomic E-state index is -2.02. The summed E-state index contributed by atoms with van der Waals surface area (Å²) in [6, 6.07) is 0. The lowest BCUT2D eigenvalue weighted by molar-refractivity contribution is -0.206. The maximum atomic E-state index is 13.2. The number of esters is 1. The molecule has 6 heteroatoms. The van der Waals surface area contributed by atoms with Crippen molar-refractivity contribution in [1.82, 2.24) is 0 Å². The van der Waals surface area contributed by atoms with E-state index in [-0.39, 0.29) is 29.8 Å². The molecule has 0 bridgehead atoms. The largest absolute Gasteiger partial charge is 0.547 e. The quantitative estimate of drug-likeness (QED) is 0.394. The van der Waals surface area contributed by atoms with E-state index in [9.17, 15) is 9.59 Å². The zero-order chi connectivity index (χ0) is 20.8. The molecule has 1 fully saturated rings. The Morgan fingerprint density at radius 1 is 1.33 bits per heavy atom. The highest BCUT2D eigenvalue weighted by molar-refractivity contribution is 6.74. The van der Waals surface area contributed by atoms with Crippen molar-refractivity contribution in [2.24, 2.45) is 11.3 Å². The Hall–Kier alpha value is -1.14. The molecule has 1 heterocycles. The Morgan fingerprint density at radius 3 is 2.44 bits per heavy atom. The zero-order valence-electron chi connectivity index (χ0n) is 18.4. The highest BCUT2D eigenvalue weighted by atomic mass is 28.4. The topological polar surface area (TPSA) is 61.8 Å². The number of allylic oxidation sites excluding steroid dienone is 1. The van der Waals surface area contributed by atoms with E-state index in [1.54, 1.807) is 6.92 Å². The highest BCUT2D eigenvalue weighted by Crippen LogP contribution is 2.51. The lowest BCUT2D eigenvalue weighted by atomic mass is 9.61. The summed E-state index contributed by atoms with van der Waals surface area (Å²) in [6.45, 7) is 18.7. The van der Waals surface area contributed by atoms with Crippen LogP contribution in [0.1, 0.15) is 61.3 Å². The second-order valence-electron chi connectivity index (χ2n) is 10.0. The first-order chi connectivity index (χ1) is 12.2. The average molecular weight is 397 g/mol. The van der Waals surface area contributed by atoms with Gasteiger partial charge in [0, 0.05) is 18.8 Å². The molecule has 1 aliphatic carbocycles. The number of fused-ring (bicyclic) bond motifs is 1. The number of ether oxygens (including phenoxy) is 2. The second kappa shape index (κ2) is 7.03. The van der Waals surface area contributed by atoms with Crippen LogP contribution in [0.4, 0.5) is 0 Å². The number of rotatable bonds is 4. The van der Waals surface area contributed by atoms with E-state index in [2.05, 4.69) is 33.9 Å². The van der Waals surface area contributed by atoms with Gasteiger partial charge >= 0.3 is 5.97 Å². The molecule has 0 amide bonds. The maximum Gasteiger partial charge on any atom is 0.322 e. The average Bonchev–Trinajstić information content (AvgIpc) is 2.43. The van der Waals surface area contributed by atoms with Crippen LogP contribution in [0.5, 0.6) is 0 Å². The standard InChI is InChI=1S/C21H36O5Si/c1-10-24-18(23)21-14(2)11-15(26-27(8,9)19(3,4)5)12-17(21)25-20(6,7)13-16(21)22/h11,14,17H,10,12-13H2,1-9H3/t14?,17-,21+/m1/s1. The van der Waals surface area contributed by atoms with Gasteiger partial charge in [-0.3, -0.25) is 9.59 Å². The second-order valence-corrected chi connectivity index (χ2v) is 14.8. The van der Waals surface area contributed by atoms with Crippen LogP contribution in [-0.2, 0) is 23.5 Å². The summed E-state index contributed by atoms with van der Waals surface area (Å²) in [6.07, 6.45) is 2.02. The predicted octanol–water partition coefficient (Wildman–Crippen LogP) is 4.62. The van der Waals surface area contributed by atoms with E-state index in [4.69, 9.17) is 13.9 Å². The van der Waals surface area contributed by atoms with Gasteiger partial charge in [-0.05, 0) is 45.0 Å². The van der Waals surface area contributed by atoms with Crippen molar-refractivity contribution in [2.75, 3.05) is 6.61 Å². The summed E-state index contributed by atoms with van der Waals surface area (Å²) < 4.78 is 18.1. The molecule has 1 unspecified atom stereocenters. The fourth-order valence-electron chi connectivity index (χ4n) is 3.88. The number of ketones is 1. The maximum absolute atomic E-state index is 13.2. The number of hydrogen-bond donors (Lipinski definition) is 0. The van der Waals surface area contributed by atoms with Gasteiger partial charge in [0.1, 0.15) is 0 Å². The molecular weight excluding hydrogens is 360 g/mol. The van der Waals surface area contributed by atoms with E-state index in [1.165, 1.54) is 0 Å². The molecule has 154 valence electrons. The van der Waals surface area contributed by atoms with Crippen molar-refractivity contribution in [3.63, 3.8) is 0 Å². The lowest BCUT2D eigenvalue weighted by Crippen LogP contribution is -2.63. The summed E-state index contributed by atoms with van der Waals surface area (Å²) in [4.78, 5) is 26.2. The van der Waals surface area contributed by atoms with Crippen LogP contribution >= 0.6 is 0 Å². The van der Waals surface area contributed by atoms with Gasteiger partial charge < -0.3 is 13.9 Å². The van der Waals surface area contributed by atoms with Gasteiger partial charge in [-0.15, -0.1) is 0 Å². The van der Waals surface area contributed by atoms with Gasteiger partial charge in [-0.2, -0.15) is 0 Å². The number of hydrogen-bond acceptors (Lipinski definition) is 5. The summed E-state index contributed by atoms with van der Waals surface area (Å²) in [5.74, 6) is -0.0499. The minimum Gasteiger partial charge on any atom is -0.547 e. The molecular formula is C21H36O5Si. The van der Waals surface area contributed by atoms with Gasteiger partial charge in [0.05, 0.1) is 24.1 Å². The number of Topliss-reactive ketones (excluding diaryl/α,β-unsaturated/α-hetero) is 1. The molecule has 2 aliphatic rings. The van der Waals surface area contributed by atoms with E-state index < -0.39 is 31.4 Å². The molecule has 0 saturated carbocycles. The normalized spacial score (nSPS) is 31.0. The molecule has 2 rings (SSSR count). The van der Waals surface area contributed by atoms with Crippen LogP contribution in [0, 0.1) is 11.3 Å². The third-order valence-corrected chi connectivity index (χ3v) is 10.7.